The van der Waals surface area contributed by atoms with E-state index in [4.69, 9.17) is 0 Å². The van der Waals surface area contributed by atoms with Crippen LogP contribution in [-0.2, 0) is 6.42 Å². The Balaban J connectivity index is 1.74. The predicted molar refractivity (Wildman–Crippen MR) is 92.7 cm³/mol. The molecule has 21 heavy (non-hydrogen) atoms. The molecule has 2 unspecified atom stereocenters. The van der Waals surface area contributed by atoms with Gasteiger partial charge in [0, 0.05) is 6.04 Å². The molecule has 1 aromatic rings. The third-order valence-electron chi connectivity index (χ3n) is 5.14. The fourth-order valence-corrected chi connectivity index (χ4v) is 3.89. The molecule has 0 amide bonds. The summed E-state index contributed by atoms with van der Waals surface area (Å²) in [4.78, 5) is 0. The largest absolute Gasteiger partial charge is 0.313 e. The fraction of sp³-hybridized carbons (Fsp3) is 0.700. The Morgan fingerprint density at radius 1 is 1.00 bits per heavy atom. The van der Waals surface area contributed by atoms with Gasteiger partial charge in [0.05, 0.1) is 0 Å². The second-order valence-corrected chi connectivity index (χ2v) is 6.67. The van der Waals surface area contributed by atoms with E-state index < -0.39 is 0 Å². The first kappa shape index (κ1) is 16.5. The van der Waals surface area contributed by atoms with Crippen molar-refractivity contribution in [2.75, 3.05) is 7.05 Å². The molecular formula is C20H33N. The van der Waals surface area contributed by atoms with E-state index in [1.165, 1.54) is 64.2 Å². The molecular weight excluding hydrogens is 254 g/mol. The van der Waals surface area contributed by atoms with Crippen LogP contribution in [0.15, 0.2) is 24.3 Å². The van der Waals surface area contributed by atoms with E-state index in [9.17, 15) is 0 Å². The lowest BCUT2D eigenvalue weighted by Crippen LogP contribution is -2.30. The molecule has 0 aromatic heterocycles. The molecule has 0 fully saturated rings. The first-order valence-corrected chi connectivity index (χ1v) is 9.12. The lowest BCUT2D eigenvalue weighted by atomic mass is 9.77. The Morgan fingerprint density at radius 3 is 2.48 bits per heavy atom. The molecule has 1 nitrogen and oxygen atoms in total. The number of hydrogen-bond donors (Lipinski definition) is 1. The van der Waals surface area contributed by atoms with E-state index >= 15 is 0 Å². The van der Waals surface area contributed by atoms with Crippen LogP contribution in [0.2, 0.25) is 0 Å². The number of hydrogen-bond acceptors (Lipinski definition) is 1. The molecule has 0 heterocycles. The summed E-state index contributed by atoms with van der Waals surface area (Å²) in [5.74, 6) is 0.834. The van der Waals surface area contributed by atoms with Gasteiger partial charge in [0.25, 0.3) is 0 Å². The SMILES string of the molecule is CCCCCCCCCC1CCc2ccccc2C1NC. The van der Waals surface area contributed by atoms with Crippen molar-refractivity contribution < 1.29 is 0 Å². The molecule has 0 spiro atoms. The van der Waals surface area contributed by atoms with Crippen molar-refractivity contribution >= 4 is 0 Å². The summed E-state index contributed by atoms with van der Waals surface area (Å²) < 4.78 is 0. The smallest absolute Gasteiger partial charge is 0.0349 e. The average Bonchev–Trinajstić information content (AvgIpc) is 2.53. The van der Waals surface area contributed by atoms with Crippen LogP contribution in [-0.4, -0.2) is 7.05 Å². The van der Waals surface area contributed by atoms with Gasteiger partial charge in [-0.15, -0.1) is 0 Å². The van der Waals surface area contributed by atoms with Gasteiger partial charge in [-0.25, -0.2) is 0 Å². The third kappa shape index (κ3) is 4.85. The highest BCUT2D eigenvalue weighted by Gasteiger charge is 2.27. The van der Waals surface area contributed by atoms with Crippen molar-refractivity contribution in [2.24, 2.45) is 5.92 Å². The zero-order chi connectivity index (χ0) is 14.9. The first-order valence-electron chi connectivity index (χ1n) is 9.12. The van der Waals surface area contributed by atoms with Gasteiger partial charge >= 0.3 is 0 Å². The normalized spacial score (nSPS) is 21.2. The molecule has 1 aliphatic rings. The Morgan fingerprint density at radius 2 is 1.71 bits per heavy atom. The van der Waals surface area contributed by atoms with E-state index in [1.54, 1.807) is 11.1 Å². The van der Waals surface area contributed by atoms with E-state index in [0.29, 0.717) is 6.04 Å². The van der Waals surface area contributed by atoms with Gasteiger partial charge in [-0.1, -0.05) is 76.1 Å². The summed E-state index contributed by atoms with van der Waals surface area (Å²) in [5, 5.41) is 3.58. The van der Waals surface area contributed by atoms with Crippen LogP contribution in [0.4, 0.5) is 0 Å². The van der Waals surface area contributed by atoms with Gasteiger partial charge in [0.1, 0.15) is 0 Å². The molecule has 0 radical (unpaired) electrons. The van der Waals surface area contributed by atoms with E-state index in [-0.39, 0.29) is 0 Å². The second-order valence-electron chi connectivity index (χ2n) is 6.67. The minimum absolute atomic E-state index is 0.579. The van der Waals surface area contributed by atoms with Crippen LogP contribution in [0.5, 0.6) is 0 Å². The van der Waals surface area contributed by atoms with Gasteiger partial charge in [-0.2, -0.15) is 0 Å². The molecule has 2 rings (SSSR count). The van der Waals surface area contributed by atoms with Gasteiger partial charge < -0.3 is 5.32 Å². The maximum atomic E-state index is 3.58. The molecule has 118 valence electrons. The summed E-state index contributed by atoms with van der Waals surface area (Å²) in [5.41, 5.74) is 3.12. The lowest BCUT2D eigenvalue weighted by molar-refractivity contribution is 0.307. The Kier molecular flexibility index (Phi) is 7.29. The molecule has 0 bridgehead atoms. The summed E-state index contributed by atoms with van der Waals surface area (Å²) in [6.07, 6.45) is 14.0. The zero-order valence-corrected chi connectivity index (χ0v) is 14.0. The molecule has 0 saturated heterocycles. The number of rotatable bonds is 9. The minimum Gasteiger partial charge on any atom is -0.313 e. The zero-order valence-electron chi connectivity index (χ0n) is 14.0. The average molecular weight is 287 g/mol. The maximum absolute atomic E-state index is 3.58. The summed E-state index contributed by atoms with van der Waals surface area (Å²) in [6.45, 7) is 2.29. The molecule has 1 heteroatoms. The number of aryl methyl sites for hydroxylation is 1. The van der Waals surface area contributed by atoms with Crippen LogP contribution >= 0.6 is 0 Å². The molecule has 1 aliphatic carbocycles. The molecule has 2 atom stereocenters. The topological polar surface area (TPSA) is 12.0 Å². The van der Waals surface area contributed by atoms with Crippen LogP contribution in [0.3, 0.4) is 0 Å². The van der Waals surface area contributed by atoms with Gasteiger partial charge in [0.15, 0.2) is 0 Å². The highest BCUT2D eigenvalue weighted by atomic mass is 14.9. The molecule has 1 N–H and O–H groups in total. The van der Waals surface area contributed by atoms with Gasteiger partial charge in [0.2, 0.25) is 0 Å². The summed E-state index contributed by atoms with van der Waals surface area (Å²) in [6, 6.07) is 9.59. The van der Waals surface area contributed by atoms with Crippen molar-refractivity contribution in [2.45, 2.75) is 77.2 Å². The number of fused-ring (bicyclic) bond motifs is 1. The van der Waals surface area contributed by atoms with E-state index in [1.807, 2.05) is 0 Å². The van der Waals surface area contributed by atoms with Gasteiger partial charge in [-0.3, -0.25) is 0 Å². The molecule has 0 aliphatic heterocycles. The maximum Gasteiger partial charge on any atom is 0.0349 e. The highest BCUT2D eigenvalue weighted by molar-refractivity contribution is 5.32. The Labute approximate surface area is 131 Å². The van der Waals surface area contributed by atoms with Crippen LogP contribution in [0.1, 0.15) is 81.9 Å². The van der Waals surface area contributed by atoms with Crippen molar-refractivity contribution in [1.82, 2.24) is 5.32 Å². The van der Waals surface area contributed by atoms with Crippen molar-refractivity contribution in [1.29, 1.82) is 0 Å². The highest BCUT2D eigenvalue weighted by Crippen LogP contribution is 2.37. The summed E-state index contributed by atoms with van der Waals surface area (Å²) >= 11 is 0. The predicted octanol–water partition coefficient (Wildman–Crippen LogP) is 5.65. The minimum atomic E-state index is 0.579. The summed E-state index contributed by atoms with van der Waals surface area (Å²) in [7, 11) is 2.13. The van der Waals surface area contributed by atoms with E-state index in [2.05, 4.69) is 43.6 Å². The number of unbranched alkanes of at least 4 members (excludes halogenated alkanes) is 6. The van der Waals surface area contributed by atoms with Crippen LogP contribution in [0.25, 0.3) is 0 Å². The quantitative estimate of drug-likeness (QED) is 0.579. The molecule has 0 saturated carbocycles. The van der Waals surface area contributed by atoms with Crippen molar-refractivity contribution in [3.05, 3.63) is 35.4 Å². The standard InChI is InChI=1S/C20H33N/c1-3-4-5-6-7-8-9-13-18-16-15-17-12-10-11-14-19(17)20(18)21-2/h10-12,14,18,20-21H,3-9,13,15-16H2,1-2H3. The first-order chi connectivity index (χ1) is 10.4. The van der Waals surface area contributed by atoms with E-state index in [0.717, 1.165) is 5.92 Å². The number of benzene rings is 1. The monoisotopic (exact) mass is 287 g/mol. The lowest BCUT2D eigenvalue weighted by Gasteiger charge is -2.33. The van der Waals surface area contributed by atoms with Crippen molar-refractivity contribution in [3.8, 4) is 0 Å². The van der Waals surface area contributed by atoms with Gasteiger partial charge in [-0.05, 0) is 43.4 Å². The molecule has 1 aromatic carbocycles. The van der Waals surface area contributed by atoms with Crippen molar-refractivity contribution in [3.63, 3.8) is 0 Å². The Bertz CT molecular complexity index is 399. The number of nitrogens with one attached hydrogen (secondary N) is 1. The third-order valence-corrected chi connectivity index (χ3v) is 5.14. The Hall–Kier alpha value is -0.820. The second kappa shape index (κ2) is 9.25. The van der Waals surface area contributed by atoms with Crippen LogP contribution in [0, 0.1) is 5.92 Å². The fourth-order valence-electron chi connectivity index (χ4n) is 3.89. The van der Waals surface area contributed by atoms with Crippen LogP contribution < -0.4 is 5.32 Å².